The Kier molecular flexibility index (Phi) is 3.19. The van der Waals surface area contributed by atoms with Crippen LogP contribution in [-0.4, -0.2) is 20.8 Å². The number of nitrogens with zero attached hydrogens (tertiary/aromatic N) is 3. The van der Waals surface area contributed by atoms with Gasteiger partial charge in [-0.05, 0) is 33.6 Å². The molecule has 0 saturated heterocycles. The van der Waals surface area contributed by atoms with Crippen LogP contribution in [0.15, 0.2) is 6.20 Å². The number of thiazole rings is 1. The lowest BCUT2D eigenvalue weighted by atomic mass is 10.1. The van der Waals surface area contributed by atoms with E-state index in [0.29, 0.717) is 6.04 Å². The SMILES string of the molecule is Cc1nn(C)cc1C(NC1CC1)c1nc(C)c(C)s1. The smallest absolute Gasteiger partial charge is 0.115 e. The van der Waals surface area contributed by atoms with Gasteiger partial charge in [0.25, 0.3) is 0 Å². The van der Waals surface area contributed by atoms with Crippen LogP contribution in [0.2, 0.25) is 0 Å². The quantitative estimate of drug-likeness (QED) is 0.933. The molecule has 1 unspecified atom stereocenters. The summed E-state index contributed by atoms with van der Waals surface area (Å²) >= 11 is 1.79. The highest BCUT2D eigenvalue weighted by molar-refractivity contribution is 7.11. The molecule has 2 heterocycles. The van der Waals surface area contributed by atoms with Crippen molar-refractivity contribution >= 4 is 11.3 Å². The molecule has 2 aromatic rings. The monoisotopic (exact) mass is 276 g/mol. The van der Waals surface area contributed by atoms with Crippen LogP contribution in [0.4, 0.5) is 0 Å². The minimum absolute atomic E-state index is 0.193. The van der Waals surface area contributed by atoms with Crippen LogP contribution < -0.4 is 5.32 Å². The van der Waals surface area contributed by atoms with E-state index in [1.165, 1.54) is 23.3 Å². The van der Waals surface area contributed by atoms with Crippen LogP contribution in [0.1, 0.15) is 45.7 Å². The predicted octanol–water partition coefficient (Wildman–Crippen LogP) is 2.64. The molecule has 19 heavy (non-hydrogen) atoms. The van der Waals surface area contributed by atoms with Gasteiger partial charge >= 0.3 is 0 Å². The normalized spacial score (nSPS) is 16.8. The summed E-state index contributed by atoms with van der Waals surface area (Å²) in [4.78, 5) is 6.04. The number of aryl methyl sites for hydroxylation is 4. The van der Waals surface area contributed by atoms with Gasteiger partial charge in [-0.1, -0.05) is 0 Å². The van der Waals surface area contributed by atoms with E-state index < -0.39 is 0 Å². The minimum atomic E-state index is 0.193. The van der Waals surface area contributed by atoms with Crippen molar-refractivity contribution in [3.8, 4) is 0 Å². The van der Waals surface area contributed by atoms with Crippen molar-refractivity contribution in [3.05, 3.63) is 33.0 Å². The first-order valence-electron chi connectivity index (χ1n) is 6.74. The van der Waals surface area contributed by atoms with Crippen molar-refractivity contribution < 1.29 is 0 Å². The van der Waals surface area contributed by atoms with E-state index in [9.17, 15) is 0 Å². The molecule has 0 aliphatic heterocycles. The Bertz CT molecular complexity index is 575. The van der Waals surface area contributed by atoms with Crippen molar-refractivity contribution in [3.63, 3.8) is 0 Å². The summed E-state index contributed by atoms with van der Waals surface area (Å²) in [6.07, 6.45) is 4.67. The molecule has 0 amide bonds. The third-order valence-corrected chi connectivity index (χ3v) is 4.77. The van der Waals surface area contributed by atoms with Crippen LogP contribution in [0, 0.1) is 20.8 Å². The third-order valence-electron chi connectivity index (χ3n) is 3.63. The molecule has 5 heteroatoms. The fourth-order valence-corrected chi connectivity index (χ4v) is 3.30. The standard InChI is InChI=1S/C14H20N4S/c1-8-10(3)19-14(15-8)13(16-11-5-6-11)12-7-18(4)17-9(12)2/h7,11,13,16H,5-6H2,1-4H3. The lowest BCUT2D eigenvalue weighted by molar-refractivity contribution is 0.594. The van der Waals surface area contributed by atoms with Crippen molar-refractivity contribution in [1.82, 2.24) is 20.1 Å². The van der Waals surface area contributed by atoms with Crippen LogP contribution in [0.3, 0.4) is 0 Å². The first-order valence-corrected chi connectivity index (χ1v) is 7.56. The molecular formula is C14H20N4S. The van der Waals surface area contributed by atoms with Gasteiger partial charge in [-0.25, -0.2) is 4.98 Å². The Morgan fingerprint density at radius 3 is 2.53 bits per heavy atom. The third kappa shape index (κ3) is 2.58. The number of aromatic nitrogens is 3. The van der Waals surface area contributed by atoms with Gasteiger partial charge in [0, 0.05) is 29.7 Å². The Labute approximate surface area is 117 Å². The van der Waals surface area contributed by atoms with Crippen molar-refractivity contribution in [2.45, 2.75) is 45.7 Å². The highest BCUT2D eigenvalue weighted by atomic mass is 32.1. The summed E-state index contributed by atoms with van der Waals surface area (Å²) in [5.74, 6) is 0. The molecule has 3 rings (SSSR count). The number of rotatable bonds is 4. The van der Waals surface area contributed by atoms with Crippen molar-refractivity contribution in [2.75, 3.05) is 0 Å². The molecule has 1 aliphatic carbocycles. The molecule has 1 fully saturated rings. The van der Waals surface area contributed by atoms with Crippen LogP contribution in [0.25, 0.3) is 0 Å². The Morgan fingerprint density at radius 1 is 1.32 bits per heavy atom. The van der Waals surface area contributed by atoms with Crippen LogP contribution in [0.5, 0.6) is 0 Å². The van der Waals surface area contributed by atoms with Crippen molar-refractivity contribution in [1.29, 1.82) is 0 Å². The van der Waals surface area contributed by atoms with Crippen molar-refractivity contribution in [2.24, 2.45) is 7.05 Å². The summed E-state index contributed by atoms with van der Waals surface area (Å²) in [5, 5.41) is 9.35. The number of hydrogen-bond acceptors (Lipinski definition) is 4. The molecule has 0 spiro atoms. The van der Waals surface area contributed by atoms with Crippen LogP contribution in [-0.2, 0) is 7.05 Å². The summed E-state index contributed by atoms with van der Waals surface area (Å²) < 4.78 is 1.89. The molecule has 102 valence electrons. The Hall–Kier alpha value is -1.20. The first-order chi connectivity index (χ1) is 9.04. The number of hydrogen-bond donors (Lipinski definition) is 1. The zero-order valence-corrected chi connectivity index (χ0v) is 12.7. The van der Waals surface area contributed by atoms with Gasteiger partial charge in [0.05, 0.1) is 17.4 Å². The fourth-order valence-electron chi connectivity index (χ4n) is 2.30. The van der Waals surface area contributed by atoms with E-state index in [4.69, 9.17) is 4.98 Å². The van der Waals surface area contributed by atoms with Gasteiger partial charge in [0.15, 0.2) is 0 Å². The Balaban J connectivity index is 1.98. The Morgan fingerprint density at radius 2 is 2.05 bits per heavy atom. The van der Waals surface area contributed by atoms with Gasteiger partial charge in [0.1, 0.15) is 5.01 Å². The maximum absolute atomic E-state index is 4.74. The largest absolute Gasteiger partial charge is 0.301 e. The molecule has 1 N–H and O–H groups in total. The van der Waals surface area contributed by atoms with Gasteiger partial charge < -0.3 is 5.32 Å². The van der Waals surface area contributed by atoms with Crippen LogP contribution >= 0.6 is 11.3 Å². The van der Waals surface area contributed by atoms with Gasteiger partial charge in [-0.15, -0.1) is 11.3 Å². The van der Waals surface area contributed by atoms with E-state index in [0.717, 1.165) is 16.4 Å². The topological polar surface area (TPSA) is 42.7 Å². The molecule has 1 atom stereocenters. The minimum Gasteiger partial charge on any atom is -0.301 e. The second-order valence-corrected chi connectivity index (χ2v) is 6.65. The van der Waals surface area contributed by atoms with E-state index in [1.54, 1.807) is 11.3 Å². The maximum Gasteiger partial charge on any atom is 0.115 e. The zero-order chi connectivity index (χ0) is 13.6. The molecule has 1 saturated carbocycles. The molecule has 2 aromatic heterocycles. The summed E-state index contributed by atoms with van der Waals surface area (Å²) in [5.41, 5.74) is 3.48. The van der Waals surface area contributed by atoms with Gasteiger partial charge in [0.2, 0.25) is 0 Å². The molecule has 0 bridgehead atoms. The molecule has 0 aromatic carbocycles. The molecule has 0 radical (unpaired) electrons. The van der Waals surface area contributed by atoms with E-state index in [1.807, 2.05) is 11.7 Å². The molecule has 1 aliphatic rings. The fraction of sp³-hybridized carbons (Fsp3) is 0.571. The average Bonchev–Trinajstić information content (AvgIpc) is 3.02. The summed E-state index contributed by atoms with van der Waals surface area (Å²) in [7, 11) is 1.98. The maximum atomic E-state index is 4.74. The molecule has 4 nitrogen and oxygen atoms in total. The van der Waals surface area contributed by atoms with E-state index in [-0.39, 0.29) is 6.04 Å². The highest BCUT2D eigenvalue weighted by Crippen LogP contribution is 2.32. The van der Waals surface area contributed by atoms with Gasteiger partial charge in [-0.3, -0.25) is 4.68 Å². The summed E-state index contributed by atoms with van der Waals surface area (Å²) in [6.45, 7) is 6.30. The second-order valence-electron chi connectivity index (χ2n) is 5.41. The highest BCUT2D eigenvalue weighted by Gasteiger charge is 2.29. The average molecular weight is 276 g/mol. The van der Waals surface area contributed by atoms with E-state index in [2.05, 4.69) is 37.4 Å². The lowest BCUT2D eigenvalue weighted by Crippen LogP contribution is -2.24. The lowest BCUT2D eigenvalue weighted by Gasteiger charge is -2.15. The summed E-state index contributed by atoms with van der Waals surface area (Å²) in [6, 6.07) is 0.840. The second kappa shape index (κ2) is 4.72. The zero-order valence-electron chi connectivity index (χ0n) is 11.9. The van der Waals surface area contributed by atoms with E-state index >= 15 is 0 Å². The van der Waals surface area contributed by atoms with Gasteiger partial charge in [-0.2, -0.15) is 5.10 Å². The first kappa shape index (κ1) is 12.8. The number of nitrogens with one attached hydrogen (secondary N) is 1. The predicted molar refractivity (Wildman–Crippen MR) is 77.5 cm³/mol. The molecular weight excluding hydrogens is 256 g/mol.